The molecule has 0 saturated carbocycles. The van der Waals surface area contributed by atoms with E-state index >= 15 is 0 Å². The first-order chi connectivity index (χ1) is 7.70. The minimum atomic E-state index is -0.00882. The van der Waals surface area contributed by atoms with Gasteiger partial charge >= 0.3 is 0 Å². The summed E-state index contributed by atoms with van der Waals surface area (Å²) < 4.78 is 6.30. The molecule has 0 radical (unpaired) electrons. The van der Waals surface area contributed by atoms with Gasteiger partial charge in [-0.1, -0.05) is 13.8 Å². The van der Waals surface area contributed by atoms with Crippen molar-refractivity contribution in [3.63, 3.8) is 0 Å². The van der Waals surface area contributed by atoms with E-state index in [-0.39, 0.29) is 16.7 Å². The normalized spacial score (nSPS) is 40.1. The Balaban J connectivity index is 2.31. The van der Waals surface area contributed by atoms with Crippen molar-refractivity contribution >= 4 is 0 Å². The molecule has 0 amide bonds. The van der Waals surface area contributed by atoms with E-state index in [4.69, 9.17) is 4.74 Å². The smallest absolute Gasteiger partial charge is 0.0680 e. The SMILES string of the molecule is CC(C)C1(C2CC(C)(C)OC2(C)C)CCCN1. The highest BCUT2D eigenvalue weighted by Crippen LogP contribution is 2.51. The molecular formula is C15H29NO. The fourth-order valence-electron chi connectivity index (χ4n) is 4.35. The fraction of sp³-hybridized carbons (Fsp3) is 1.00. The maximum Gasteiger partial charge on any atom is 0.0680 e. The van der Waals surface area contributed by atoms with Crippen LogP contribution in [0.3, 0.4) is 0 Å². The molecule has 2 unspecified atom stereocenters. The van der Waals surface area contributed by atoms with Crippen LogP contribution in [0.25, 0.3) is 0 Å². The zero-order valence-corrected chi connectivity index (χ0v) is 12.4. The van der Waals surface area contributed by atoms with Crippen molar-refractivity contribution in [2.24, 2.45) is 11.8 Å². The van der Waals surface area contributed by atoms with E-state index in [9.17, 15) is 0 Å². The lowest BCUT2D eigenvalue weighted by Crippen LogP contribution is -2.56. The Hall–Kier alpha value is -0.0800. The molecule has 2 saturated heterocycles. The quantitative estimate of drug-likeness (QED) is 0.798. The summed E-state index contributed by atoms with van der Waals surface area (Å²) in [4.78, 5) is 0. The second kappa shape index (κ2) is 3.96. The van der Waals surface area contributed by atoms with Crippen molar-refractivity contribution in [3.8, 4) is 0 Å². The molecule has 2 aliphatic heterocycles. The number of rotatable bonds is 2. The molecule has 2 fully saturated rings. The zero-order valence-electron chi connectivity index (χ0n) is 12.4. The molecule has 2 atom stereocenters. The van der Waals surface area contributed by atoms with Crippen LogP contribution in [-0.2, 0) is 4.74 Å². The molecule has 2 heterocycles. The van der Waals surface area contributed by atoms with Gasteiger partial charge in [-0.3, -0.25) is 0 Å². The maximum atomic E-state index is 6.30. The van der Waals surface area contributed by atoms with Gasteiger partial charge in [-0.15, -0.1) is 0 Å². The van der Waals surface area contributed by atoms with Crippen molar-refractivity contribution in [3.05, 3.63) is 0 Å². The predicted octanol–water partition coefficient (Wildman–Crippen LogP) is 3.36. The molecule has 0 bridgehead atoms. The Labute approximate surface area is 107 Å². The van der Waals surface area contributed by atoms with E-state index < -0.39 is 0 Å². The first kappa shape index (κ1) is 13.4. The summed E-state index contributed by atoms with van der Waals surface area (Å²) in [5.41, 5.74) is 0.308. The summed E-state index contributed by atoms with van der Waals surface area (Å²) in [6, 6.07) is 0. The standard InChI is InChI=1S/C15H29NO/c1-11(2)15(8-7-9-16-15)12-10-13(3,4)17-14(12,5)6/h11-12,16H,7-10H2,1-6H3. The number of hydrogen-bond acceptors (Lipinski definition) is 2. The second-order valence-electron chi connectivity index (χ2n) is 7.45. The first-order valence-electron chi connectivity index (χ1n) is 7.15. The van der Waals surface area contributed by atoms with Gasteiger partial charge in [0.25, 0.3) is 0 Å². The molecule has 2 rings (SSSR count). The number of ether oxygens (including phenoxy) is 1. The zero-order chi connectivity index (χ0) is 12.9. The van der Waals surface area contributed by atoms with E-state index in [2.05, 4.69) is 46.9 Å². The highest BCUT2D eigenvalue weighted by molar-refractivity contribution is 5.10. The summed E-state index contributed by atoms with van der Waals surface area (Å²) in [5.74, 6) is 1.29. The Kier molecular flexibility index (Phi) is 3.11. The van der Waals surface area contributed by atoms with Gasteiger partial charge in [0, 0.05) is 11.5 Å². The molecule has 0 aliphatic carbocycles. The summed E-state index contributed by atoms with van der Waals surface area (Å²) in [6.07, 6.45) is 3.79. The lowest BCUT2D eigenvalue weighted by atomic mass is 9.66. The number of nitrogens with one attached hydrogen (secondary N) is 1. The van der Waals surface area contributed by atoms with Crippen molar-refractivity contribution in [1.82, 2.24) is 5.32 Å². The molecule has 2 heteroatoms. The topological polar surface area (TPSA) is 21.3 Å². The van der Waals surface area contributed by atoms with Crippen LogP contribution >= 0.6 is 0 Å². The minimum Gasteiger partial charge on any atom is -0.369 e. The average molecular weight is 239 g/mol. The molecule has 17 heavy (non-hydrogen) atoms. The molecule has 2 nitrogen and oxygen atoms in total. The molecule has 100 valence electrons. The van der Waals surface area contributed by atoms with Gasteiger partial charge in [0.1, 0.15) is 0 Å². The third kappa shape index (κ3) is 2.15. The minimum absolute atomic E-state index is 0.00882. The summed E-state index contributed by atoms with van der Waals surface area (Å²) in [6.45, 7) is 14.9. The van der Waals surface area contributed by atoms with Gasteiger partial charge in [-0.05, 0) is 59.4 Å². The van der Waals surface area contributed by atoms with E-state index in [1.54, 1.807) is 0 Å². The van der Waals surface area contributed by atoms with Gasteiger partial charge in [0.2, 0.25) is 0 Å². The Morgan fingerprint density at radius 2 is 1.82 bits per heavy atom. The third-order valence-corrected chi connectivity index (χ3v) is 4.95. The highest BCUT2D eigenvalue weighted by Gasteiger charge is 2.57. The molecule has 1 N–H and O–H groups in total. The summed E-state index contributed by atoms with van der Waals surface area (Å²) >= 11 is 0. The second-order valence-corrected chi connectivity index (χ2v) is 7.45. The van der Waals surface area contributed by atoms with Crippen LogP contribution in [-0.4, -0.2) is 23.3 Å². The van der Waals surface area contributed by atoms with Gasteiger partial charge in [0.05, 0.1) is 11.2 Å². The van der Waals surface area contributed by atoms with Crippen molar-refractivity contribution in [2.45, 2.75) is 77.5 Å². The average Bonchev–Trinajstić information content (AvgIpc) is 2.68. The Morgan fingerprint density at radius 3 is 2.18 bits per heavy atom. The molecule has 0 spiro atoms. The van der Waals surface area contributed by atoms with E-state index in [1.165, 1.54) is 25.8 Å². The van der Waals surface area contributed by atoms with E-state index in [0.29, 0.717) is 11.8 Å². The maximum absolute atomic E-state index is 6.30. The summed E-state index contributed by atoms with van der Waals surface area (Å²) in [5, 5.41) is 3.82. The van der Waals surface area contributed by atoms with Crippen LogP contribution in [0.4, 0.5) is 0 Å². The largest absolute Gasteiger partial charge is 0.369 e. The Morgan fingerprint density at radius 1 is 1.18 bits per heavy atom. The Bertz CT molecular complexity index is 287. The number of hydrogen-bond donors (Lipinski definition) is 1. The van der Waals surface area contributed by atoms with Crippen LogP contribution in [0.1, 0.15) is 60.8 Å². The van der Waals surface area contributed by atoms with Crippen LogP contribution in [0, 0.1) is 11.8 Å². The molecule has 0 aromatic heterocycles. The first-order valence-corrected chi connectivity index (χ1v) is 7.15. The van der Waals surface area contributed by atoms with Gasteiger partial charge in [-0.2, -0.15) is 0 Å². The van der Waals surface area contributed by atoms with Crippen LogP contribution in [0.5, 0.6) is 0 Å². The molecular weight excluding hydrogens is 210 g/mol. The fourth-order valence-corrected chi connectivity index (χ4v) is 4.35. The van der Waals surface area contributed by atoms with Gasteiger partial charge in [-0.25, -0.2) is 0 Å². The van der Waals surface area contributed by atoms with Crippen LogP contribution in [0.2, 0.25) is 0 Å². The van der Waals surface area contributed by atoms with Crippen LogP contribution in [0.15, 0.2) is 0 Å². The van der Waals surface area contributed by atoms with Crippen molar-refractivity contribution in [2.75, 3.05) is 6.54 Å². The predicted molar refractivity (Wildman–Crippen MR) is 72.2 cm³/mol. The molecule has 0 aromatic rings. The van der Waals surface area contributed by atoms with Gasteiger partial charge < -0.3 is 10.1 Å². The van der Waals surface area contributed by atoms with E-state index in [0.717, 1.165) is 0 Å². The lowest BCUT2D eigenvalue weighted by molar-refractivity contribution is -0.0864. The monoisotopic (exact) mass is 239 g/mol. The molecule has 2 aliphatic rings. The van der Waals surface area contributed by atoms with Gasteiger partial charge in [0.15, 0.2) is 0 Å². The lowest BCUT2D eigenvalue weighted by Gasteiger charge is -2.45. The molecule has 0 aromatic carbocycles. The highest BCUT2D eigenvalue weighted by atomic mass is 16.5. The third-order valence-electron chi connectivity index (χ3n) is 4.95. The summed E-state index contributed by atoms with van der Waals surface area (Å²) in [7, 11) is 0. The van der Waals surface area contributed by atoms with E-state index in [1.807, 2.05) is 0 Å². The van der Waals surface area contributed by atoms with Crippen LogP contribution < -0.4 is 5.32 Å². The van der Waals surface area contributed by atoms with Crippen molar-refractivity contribution in [1.29, 1.82) is 0 Å². The van der Waals surface area contributed by atoms with Crippen molar-refractivity contribution < 1.29 is 4.74 Å².